The number of rotatable bonds is 2. The van der Waals surface area contributed by atoms with Crippen LogP contribution in [0.25, 0.3) is 0 Å². The molecule has 2 aromatic carbocycles. The smallest absolute Gasteiger partial charge is 0.304 e. The molecule has 23 heavy (non-hydrogen) atoms. The molecule has 0 amide bonds. The van der Waals surface area contributed by atoms with Crippen LogP contribution in [0.5, 0.6) is 0 Å². The summed E-state index contributed by atoms with van der Waals surface area (Å²) in [7, 11) is 0. The zero-order valence-corrected chi connectivity index (χ0v) is 13.4. The number of ketones is 1. The summed E-state index contributed by atoms with van der Waals surface area (Å²) in [6.07, 6.45) is 0. The molecule has 0 saturated carbocycles. The first-order valence-electron chi connectivity index (χ1n) is 7.56. The molecule has 118 valence electrons. The number of hydroxylamine groups is 1. The number of carbonyl (C=O) groups excluding carboxylic acids is 1. The Hall–Kier alpha value is -2.46. The monoisotopic (exact) mass is 310 g/mol. The Balaban J connectivity index is 2.19. The van der Waals surface area contributed by atoms with Gasteiger partial charge in [0.25, 0.3) is 5.78 Å². The van der Waals surface area contributed by atoms with Crippen LogP contribution in [0.1, 0.15) is 30.5 Å². The second kappa shape index (κ2) is 5.03. The molecule has 1 aliphatic heterocycles. The van der Waals surface area contributed by atoms with Gasteiger partial charge in [-0.15, -0.1) is 0 Å². The van der Waals surface area contributed by atoms with Crippen molar-refractivity contribution in [2.45, 2.75) is 31.9 Å². The lowest BCUT2D eigenvalue weighted by Crippen LogP contribution is -2.52. The van der Waals surface area contributed by atoms with Crippen LogP contribution in [0, 0.1) is 6.92 Å². The molecule has 1 atom stereocenters. The first-order valence-corrected chi connectivity index (χ1v) is 7.56. The van der Waals surface area contributed by atoms with Gasteiger partial charge in [0, 0.05) is 13.8 Å². The topological polar surface area (TPSA) is 60.5 Å². The highest BCUT2D eigenvalue weighted by atomic mass is 16.5. The summed E-state index contributed by atoms with van der Waals surface area (Å²) in [6.45, 7) is 5.25. The number of aryl methyl sites for hydroxylation is 1. The van der Waals surface area contributed by atoms with Gasteiger partial charge < -0.3 is 5.11 Å². The molecule has 1 heterocycles. The molecule has 3 rings (SSSR count). The van der Waals surface area contributed by atoms with Gasteiger partial charge in [-0.25, -0.2) is 0 Å². The first kappa shape index (κ1) is 15.4. The van der Waals surface area contributed by atoms with E-state index < -0.39 is 16.9 Å². The van der Waals surface area contributed by atoms with Crippen LogP contribution in [-0.4, -0.2) is 32.1 Å². The maximum atomic E-state index is 13.1. The van der Waals surface area contributed by atoms with E-state index in [0.29, 0.717) is 11.1 Å². The van der Waals surface area contributed by atoms with Crippen LogP contribution in [0.3, 0.4) is 0 Å². The lowest BCUT2D eigenvalue weighted by molar-refractivity contribution is -0.825. The summed E-state index contributed by atoms with van der Waals surface area (Å²) < 4.78 is 0.893. The molecular formula is C19H20NO3+. The molecule has 2 N–H and O–H groups in total. The highest BCUT2D eigenvalue weighted by Gasteiger charge is 2.69. The fraction of sp³-hybridized carbons (Fsp3) is 0.263. The van der Waals surface area contributed by atoms with Crippen LogP contribution in [0.2, 0.25) is 0 Å². The van der Waals surface area contributed by atoms with Crippen molar-refractivity contribution in [3.05, 3.63) is 71.3 Å². The molecule has 0 spiro atoms. The van der Waals surface area contributed by atoms with E-state index in [-0.39, 0.29) is 5.71 Å². The van der Waals surface area contributed by atoms with Gasteiger partial charge in [-0.3, -0.25) is 10.0 Å². The van der Waals surface area contributed by atoms with Crippen LogP contribution >= 0.6 is 0 Å². The molecule has 2 aromatic rings. The maximum Gasteiger partial charge on any atom is 0.304 e. The molecule has 0 saturated heterocycles. The van der Waals surface area contributed by atoms with E-state index >= 15 is 0 Å². The summed E-state index contributed by atoms with van der Waals surface area (Å²) in [4.78, 5) is 13.1. The molecule has 0 aromatic heterocycles. The third-order valence-electron chi connectivity index (χ3n) is 4.69. The second-order valence-electron chi connectivity index (χ2n) is 6.49. The Bertz CT molecular complexity index is 791. The molecule has 0 radical (unpaired) electrons. The predicted octanol–water partition coefficient (Wildman–Crippen LogP) is 2.43. The van der Waals surface area contributed by atoms with Crippen LogP contribution < -0.4 is 0 Å². The first-order chi connectivity index (χ1) is 10.8. The number of Topliss-reactive ketones (excluding diaryl/α,β-unsaturated/α-hetero) is 1. The van der Waals surface area contributed by atoms with Crippen molar-refractivity contribution in [3.8, 4) is 0 Å². The van der Waals surface area contributed by atoms with Crippen molar-refractivity contribution in [2.24, 2.45) is 0 Å². The number of hydrogen-bond acceptors (Lipinski definition) is 3. The van der Waals surface area contributed by atoms with Crippen molar-refractivity contribution in [1.82, 2.24) is 0 Å². The summed E-state index contributed by atoms with van der Waals surface area (Å²) in [5.41, 5.74) is -0.808. The Labute approximate surface area is 135 Å². The average Bonchev–Trinajstić information content (AvgIpc) is 2.68. The average molecular weight is 310 g/mol. The number of aliphatic hydroxyl groups is 1. The number of benzene rings is 2. The minimum Gasteiger partial charge on any atom is -0.371 e. The van der Waals surface area contributed by atoms with Crippen molar-refractivity contribution in [2.75, 3.05) is 0 Å². The van der Waals surface area contributed by atoms with E-state index in [4.69, 9.17) is 0 Å². The third-order valence-corrected chi connectivity index (χ3v) is 4.69. The summed E-state index contributed by atoms with van der Waals surface area (Å²) >= 11 is 0. The highest BCUT2D eigenvalue weighted by Crippen LogP contribution is 2.41. The van der Waals surface area contributed by atoms with E-state index in [1.165, 1.54) is 0 Å². The van der Waals surface area contributed by atoms with Crippen LogP contribution in [-0.2, 0) is 10.4 Å². The van der Waals surface area contributed by atoms with Crippen molar-refractivity contribution in [3.63, 3.8) is 0 Å². The van der Waals surface area contributed by atoms with E-state index in [9.17, 15) is 15.1 Å². The van der Waals surface area contributed by atoms with Gasteiger partial charge in [-0.05, 0) is 29.4 Å². The lowest BCUT2D eigenvalue weighted by atomic mass is 9.76. The van der Waals surface area contributed by atoms with E-state index in [2.05, 4.69) is 0 Å². The standard InChI is InChI=1S/C19H20NO3/c1-13-9-11-15(12-10-13)19(22)17(21)16(20(23)18(19,2)3)14-7-5-4-6-8-14/h4-12,22-23H,1-3H3/q+1. The largest absolute Gasteiger partial charge is 0.371 e. The molecule has 0 bridgehead atoms. The second-order valence-corrected chi connectivity index (χ2v) is 6.49. The maximum absolute atomic E-state index is 13.1. The minimum absolute atomic E-state index is 0.110. The van der Waals surface area contributed by atoms with E-state index in [0.717, 1.165) is 10.3 Å². The summed E-state index contributed by atoms with van der Waals surface area (Å²) in [5, 5.41) is 21.9. The highest BCUT2D eigenvalue weighted by molar-refractivity contribution is 6.47. The van der Waals surface area contributed by atoms with Crippen LogP contribution in [0.15, 0.2) is 54.6 Å². The molecule has 0 fully saturated rings. The summed E-state index contributed by atoms with van der Waals surface area (Å²) in [6, 6.07) is 16.1. The fourth-order valence-corrected chi connectivity index (χ4v) is 3.11. The van der Waals surface area contributed by atoms with Crippen molar-refractivity contribution >= 4 is 11.5 Å². The normalized spacial score (nSPS) is 23.4. The third kappa shape index (κ3) is 2.02. The Morgan fingerprint density at radius 3 is 2.09 bits per heavy atom. The molecule has 1 aliphatic rings. The lowest BCUT2D eigenvalue weighted by Gasteiger charge is -2.29. The van der Waals surface area contributed by atoms with Crippen molar-refractivity contribution < 1.29 is 19.8 Å². The molecule has 4 heteroatoms. The molecular weight excluding hydrogens is 290 g/mol. The van der Waals surface area contributed by atoms with Gasteiger partial charge in [0.05, 0.1) is 5.56 Å². The number of hydrogen-bond donors (Lipinski definition) is 2. The van der Waals surface area contributed by atoms with E-state index in [1.807, 2.05) is 25.1 Å². The van der Waals surface area contributed by atoms with Crippen LogP contribution in [0.4, 0.5) is 0 Å². The molecule has 4 nitrogen and oxygen atoms in total. The van der Waals surface area contributed by atoms with Gasteiger partial charge in [0.1, 0.15) is 0 Å². The Morgan fingerprint density at radius 1 is 0.957 bits per heavy atom. The number of nitrogens with zero attached hydrogens (tertiary/aromatic N) is 1. The van der Waals surface area contributed by atoms with Gasteiger partial charge in [0.15, 0.2) is 0 Å². The molecule has 1 unspecified atom stereocenters. The van der Waals surface area contributed by atoms with Gasteiger partial charge in [-0.2, -0.15) is 0 Å². The summed E-state index contributed by atoms with van der Waals surface area (Å²) in [5.74, 6) is -0.500. The quantitative estimate of drug-likeness (QED) is 0.661. The SMILES string of the molecule is Cc1ccc(C2(O)C(=O)C(c3ccccc3)=[N+](O)C2(C)C)cc1. The molecule has 0 aliphatic carbocycles. The zero-order chi connectivity index (χ0) is 16.8. The Morgan fingerprint density at radius 2 is 1.52 bits per heavy atom. The van der Waals surface area contributed by atoms with Gasteiger partial charge in [0.2, 0.25) is 11.1 Å². The Kier molecular flexibility index (Phi) is 3.38. The fourth-order valence-electron chi connectivity index (χ4n) is 3.11. The van der Waals surface area contributed by atoms with E-state index in [1.54, 1.807) is 50.2 Å². The predicted molar refractivity (Wildman–Crippen MR) is 86.8 cm³/mol. The van der Waals surface area contributed by atoms with Crippen molar-refractivity contribution in [1.29, 1.82) is 0 Å². The van der Waals surface area contributed by atoms with Gasteiger partial charge in [-0.1, -0.05) is 48.0 Å². The van der Waals surface area contributed by atoms with Gasteiger partial charge >= 0.3 is 5.71 Å². The zero-order valence-electron chi connectivity index (χ0n) is 13.4. The minimum atomic E-state index is -1.82. The number of carbonyl (C=O) groups is 1.